The molecule has 0 N–H and O–H groups in total. The average Bonchev–Trinajstić information content (AvgIpc) is 1.89. The van der Waals surface area contributed by atoms with Gasteiger partial charge >= 0.3 is 0 Å². The molecule has 0 bridgehead atoms. The summed E-state index contributed by atoms with van der Waals surface area (Å²) < 4.78 is 0. The smallest absolute Gasteiger partial charge is 0.0165 e. The standard InChI is InChI=1S/C7H8S2/c8-5-6-3-1-2-4-7(6)9/h1-4,8-9H,5H2. The SMILES string of the molecule is SCc1ccccc1S. The molecule has 48 valence electrons. The zero-order valence-electron chi connectivity index (χ0n) is 4.91. The minimum Gasteiger partial charge on any atom is -0.175 e. The lowest BCUT2D eigenvalue weighted by Gasteiger charge is -1.97. The van der Waals surface area contributed by atoms with Crippen molar-refractivity contribution in [2.24, 2.45) is 0 Å². The predicted molar refractivity (Wildman–Crippen MR) is 46.4 cm³/mol. The number of hydrogen-bond acceptors (Lipinski definition) is 2. The normalized spacial score (nSPS) is 9.56. The van der Waals surface area contributed by atoms with Crippen LogP contribution in [0, 0.1) is 0 Å². The number of hydrogen-bond donors (Lipinski definition) is 2. The predicted octanol–water partition coefficient (Wildman–Crippen LogP) is 2.41. The van der Waals surface area contributed by atoms with Gasteiger partial charge in [0.05, 0.1) is 0 Å². The van der Waals surface area contributed by atoms with Crippen LogP contribution < -0.4 is 0 Å². The third-order valence-corrected chi connectivity index (χ3v) is 1.94. The lowest BCUT2D eigenvalue weighted by molar-refractivity contribution is 1.28. The van der Waals surface area contributed by atoms with E-state index in [0.29, 0.717) is 0 Å². The molecule has 0 atom stereocenters. The van der Waals surface area contributed by atoms with Gasteiger partial charge in [-0.1, -0.05) is 18.2 Å². The molecule has 9 heavy (non-hydrogen) atoms. The summed E-state index contributed by atoms with van der Waals surface area (Å²) in [6.45, 7) is 0. The number of benzene rings is 1. The van der Waals surface area contributed by atoms with Gasteiger partial charge in [0.1, 0.15) is 0 Å². The van der Waals surface area contributed by atoms with Crippen molar-refractivity contribution in [3.05, 3.63) is 29.8 Å². The molecule has 0 heterocycles. The maximum Gasteiger partial charge on any atom is 0.0165 e. The van der Waals surface area contributed by atoms with Crippen molar-refractivity contribution in [1.82, 2.24) is 0 Å². The van der Waals surface area contributed by atoms with E-state index in [2.05, 4.69) is 25.3 Å². The molecule has 0 saturated heterocycles. The molecule has 0 fully saturated rings. The van der Waals surface area contributed by atoms with Gasteiger partial charge in [0.2, 0.25) is 0 Å². The topological polar surface area (TPSA) is 0 Å². The van der Waals surface area contributed by atoms with Gasteiger partial charge in [0.15, 0.2) is 0 Å². The van der Waals surface area contributed by atoms with E-state index < -0.39 is 0 Å². The average molecular weight is 156 g/mol. The fourth-order valence-corrected chi connectivity index (χ4v) is 1.28. The Morgan fingerprint density at radius 1 is 1.22 bits per heavy atom. The van der Waals surface area contributed by atoms with Gasteiger partial charge in [0.25, 0.3) is 0 Å². The Labute approximate surface area is 66.1 Å². The molecular formula is C7H8S2. The lowest BCUT2D eigenvalue weighted by atomic mass is 10.2. The molecule has 0 aliphatic heterocycles. The summed E-state index contributed by atoms with van der Waals surface area (Å²) in [6, 6.07) is 7.95. The summed E-state index contributed by atoms with van der Waals surface area (Å²) in [7, 11) is 0. The first-order chi connectivity index (χ1) is 4.34. The van der Waals surface area contributed by atoms with Crippen molar-refractivity contribution < 1.29 is 0 Å². The highest BCUT2D eigenvalue weighted by Crippen LogP contribution is 2.13. The molecule has 0 saturated carbocycles. The van der Waals surface area contributed by atoms with Crippen LogP contribution in [0.15, 0.2) is 29.2 Å². The third-order valence-electron chi connectivity index (χ3n) is 1.16. The van der Waals surface area contributed by atoms with Crippen molar-refractivity contribution in [2.45, 2.75) is 10.6 Å². The zero-order valence-corrected chi connectivity index (χ0v) is 6.70. The highest BCUT2D eigenvalue weighted by molar-refractivity contribution is 7.80. The summed E-state index contributed by atoms with van der Waals surface area (Å²) >= 11 is 8.36. The Morgan fingerprint density at radius 2 is 1.89 bits per heavy atom. The molecule has 2 heteroatoms. The Bertz CT molecular complexity index is 196. The Balaban J connectivity index is 3.01. The van der Waals surface area contributed by atoms with E-state index >= 15 is 0 Å². The van der Waals surface area contributed by atoms with E-state index in [0.717, 1.165) is 10.6 Å². The largest absolute Gasteiger partial charge is 0.175 e. The molecule has 0 amide bonds. The van der Waals surface area contributed by atoms with Crippen LogP contribution in [0.4, 0.5) is 0 Å². The molecule has 1 aromatic rings. The fourth-order valence-electron chi connectivity index (χ4n) is 0.645. The second-order valence-electron chi connectivity index (χ2n) is 1.79. The molecule has 1 rings (SSSR count). The number of rotatable bonds is 1. The lowest BCUT2D eigenvalue weighted by Crippen LogP contribution is -1.77. The first-order valence-electron chi connectivity index (χ1n) is 2.72. The maximum absolute atomic E-state index is 4.23. The number of thiol groups is 2. The van der Waals surface area contributed by atoms with Crippen molar-refractivity contribution >= 4 is 25.3 Å². The molecule has 0 spiro atoms. The van der Waals surface area contributed by atoms with Crippen molar-refractivity contribution in [2.75, 3.05) is 0 Å². The minimum atomic E-state index is 0.764. The summed E-state index contributed by atoms with van der Waals surface area (Å²) in [4.78, 5) is 1.02. The Hall–Kier alpha value is -0.0800. The second-order valence-corrected chi connectivity index (χ2v) is 2.58. The molecule has 1 aromatic carbocycles. The van der Waals surface area contributed by atoms with Gasteiger partial charge in [-0.15, -0.1) is 12.6 Å². The zero-order chi connectivity index (χ0) is 6.69. The Morgan fingerprint density at radius 3 is 2.33 bits per heavy atom. The van der Waals surface area contributed by atoms with E-state index in [-0.39, 0.29) is 0 Å². The van der Waals surface area contributed by atoms with Gasteiger partial charge in [-0.2, -0.15) is 12.6 Å². The van der Waals surface area contributed by atoms with Gasteiger partial charge in [0, 0.05) is 10.6 Å². The van der Waals surface area contributed by atoms with Crippen LogP contribution in [0.5, 0.6) is 0 Å². The van der Waals surface area contributed by atoms with E-state index in [1.165, 1.54) is 5.56 Å². The van der Waals surface area contributed by atoms with Crippen LogP contribution in [0.1, 0.15) is 5.56 Å². The molecular weight excluding hydrogens is 148 g/mol. The molecule has 0 aliphatic carbocycles. The highest BCUT2D eigenvalue weighted by Gasteiger charge is 1.91. The van der Waals surface area contributed by atoms with Crippen LogP contribution in [0.3, 0.4) is 0 Å². The molecule has 0 aromatic heterocycles. The van der Waals surface area contributed by atoms with Gasteiger partial charge in [-0.05, 0) is 11.6 Å². The van der Waals surface area contributed by atoms with E-state index in [9.17, 15) is 0 Å². The second kappa shape index (κ2) is 3.18. The molecule has 0 aliphatic rings. The first-order valence-corrected chi connectivity index (χ1v) is 3.80. The van der Waals surface area contributed by atoms with E-state index in [1.807, 2.05) is 24.3 Å². The summed E-state index contributed by atoms with van der Waals surface area (Å²) in [5, 5.41) is 0. The monoisotopic (exact) mass is 156 g/mol. The van der Waals surface area contributed by atoms with Gasteiger partial charge < -0.3 is 0 Å². The third kappa shape index (κ3) is 1.66. The van der Waals surface area contributed by atoms with Crippen molar-refractivity contribution in [3.63, 3.8) is 0 Å². The first kappa shape index (κ1) is 7.03. The fraction of sp³-hybridized carbons (Fsp3) is 0.143. The molecule has 0 unspecified atom stereocenters. The quantitative estimate of drug-likeness (QED) is 0.573. The summed E-state index contributed by atoms with van der Waals surface area (Å²) in [6.07, 6.45) is 0. The van der Waals surface area contributed by atoms with E-state index in [4.69, 9.17) is 0 Å². The van der Waals surface area contributed by atoms with Gasteiger partial charge in [-0.3, -0.25) is 0 Å². The summed E-state index contributed by atoms with van der Waals surface area (Å²) in [5.74, 6) is 0.764. The molecule has 0 radical (unpaired) electrons. The van der Waals surface area contributed by atoms with Crippen LogP contribution in [0.25, 0.3) is 0 Å². The van der Waals surface area contributed by atoms with E-state index in [1.54, 1.807) is 0 Å². The van der Waals surface area contributed by atoms with Crippen molar-refractivity contribution in [3.8, 4) is 0 Å². The molecule has 0 nitrogen and oxygen atoms in total. The van der Waals surface area contributed by atoms with Crippen LogP contribution in [-0.2, 0) is 5.75 Å². The highest BCUT2D eigenvalue weighted by atomic mass is 32.1. The van der Waals surface area contributed by atoms with Crippen LogP contribution >= 0.6 is 25.3 Å². The summed E-state index contributed by atoms with van der Waals surface area (Å²) in [5.41, 5.74) is 1.18. The van der Waals surface area contributed by atoms with Crippen LogP contribution in [0.2, 0.25) is 0 Å². The Kier molecular flexibility index (Phi) is 2.49. The van der Waals surface area contributed by atoms with Crippen molar-refractivity contribution in [1.29, 1.82) is 0 Å². The maximum atomic E-state index is 4.23. The van der Waals surface area contributed by atoms with Gasteiger partial charge in [-0.25, -0.2) is 0 Å². The minimum absolute atomic E-state index is 0.764. The van der Waals surface area contributed by atoms with Crippen LogP contribution in [-0.4, -0.2) is 0 Å².